The first-order valence-corrected chi connectivity index (χ1v) is 24.9. The van der Waals surface area contributed by atoms with Gasteiger partial charge in [0.05, 0.1) is 40.0 Å². The van der Waals surface area contributed by atoms with Crippen LogP contribution in [0.3, 0.4) is 0 Å². The number of allylic oxidation sites excluding steroid dienone is 18. The molecule has 0 aromatic carbocycles. The van der Waals surface area contributed by atoms with E-state index in [9.17, 15) is 19.0 Å². The first-order chi connectivity index (χ1) is 30.5. The summed E-state index contributed by atoms with van der Waals surface area (Å²) in [6.45, 7) is 4.06. The SMILES string of the molecule is CC/C=C\CC1OC1C/C=C\C/C=C\C/C=C\C/C=C\CCC(=O)O[C@H](COC(=O)CC/C=C\C/C=C\C/C=C\C/C=C\C/C=C\CCCCC)COP(=O)(O)OCC[N+](C)(C)C. The summed E-state index contributed by atoms with van der Waals surface area (Å²) in [5, 5.41) is 0. The lowest BCUT2D eigenvalue weighted by Gasteiger charge is -2.24. The number of phosphoric acid groups is 1. The predicted molar refractivity (Wildman–Crippen MR) is 260 cm³/mol. The van der Waals surface area contributed by atoms with Gasteiger partial charge in [0, 0.05) is 12.8 Å². The van der Waals surface area contributed by atoms with Crippen LogP contribution in [0.5, 0.6) is 0 Å². The normalized spacial score (nSPS) is 17.8. The highest BCUT2D eigenvalue weighted by Gasteiger charge is 2.36. The number of quaternary nitrogens is 1. The van der Waals surface area contributed by atoms with E-state index in [1.54, 1.807) is 0 Å². The summed E-state index contributed by atoms with van der Waals surface area (Å²) in [4.78, 5) is 35.4. The zero-order valence-electron chi connectivity index (χ0n) is 39.4. The predicted octanol–water partition coefficient (Wildman–Crippen LogP) is 12.7. The average Bonchev–Trinajstić information content (AvgIpc) is 3.99. The summed E-state index contributed by atoms with van der Waals surface area (Å²) < 4.78 is 39.8. The Morgan fingerprint density at radius 2 is 1.03 bits per heavy atom. The largest absolute Gasteiger partial charge is 0.472 e. The van der Waals surface area contributed by atoms with Crippen LogP contribution in [0.4, 0.5) is 0 Å². The summed E-state index contributed by atoms with van der Waals surface area (Å²) in [6, 6.07) is 0. The minimum absolute atomic E-state index is 0.00244. The number of nitrogens with zero attached hydrogens (tertiary/aromatic N) is 1. The van der Waals surface area contributed by atoms with Crippen LogP contribution < -0.4 is 0 Å². The Kier molecular flexibility index (Phi) is 35.3. The Bertz CT molecular complexity index is 1550. The average molecular weight is 897 g/mol. The molecule has 0 aromatic rings. The van der Waals surface area contributed by atoms with Crippen molar-refractivity contribution < 1.29 is 46.8 Å². The third-order valence-electron chi connectivity index (χ3n) is 9.40. The Morgan fingerprint density at radius 3 is 1.51 bits per heavy atom. The molecule has 1 heterocycles. The fourth-order valence-corrected chi connectivity index (χ4v) is 6.39. The van der Waals surface area contributed by atoms with Crippen LogP contribution in [-0.2, 0) is 37.4 Å². The molecule has 1 saturated heterocycles. The number of unbranched alkanes of at least 4 members (excludes halogenated alkanes) is 3. The maximum absolute atomic E-state index is 12.7. The molecule has 63 heavy (non-hydrogen) atoms. The van der Waals surface area contributed by atoms with Crippen LogP contribution in [0.15, 0.2) is 122 Å². The highest BCUT2D eigenvalue weighted by Crippen LogP contribution is 2.43. The highest BCUT2D eigenvalue weighted by molar-refractivity contribution is 7.47. The summed E-state index contributed by atoms with van der Waals surface area (Å²) in [7, 11) is 1.36. The van der Waals surface area contributed by atoms with Gasteiger partial charge in [-0.25, -0.2) is 4.57 Å². The molecular formula is C52H83NO9P+. The smallest absolute Gasteiger partial charge is 0.462 e. The Labute approximate surface area is 382 Å². The highest BCUT2D eigenvalue weighted by atomic mass is 31.2. The maximum Gasteiger partial charge on any atom is 0.472 e. The molecule has 4 atom stereocenters. The van der Waals surface area contributed by atoms with E-state index in [1.165, 1.54) is 25.7 Å². The molecule has 0 aromatic heterocycles. The van der Waals surface area contributed by atoms with Crippen LogP contribution in [0.1, 0.15) is 129 Å². The van der Waals surface area contributed by atoms with Gasteiger partial charge in [0.1, 0.15) is 19.8 Å². The Balaban J connectivity index is 2.38. The second kappa shape index (κ2) is 38.8. The van der Waals surface area contributed by atoms with Gasteiger partial charge in [-0.15, -0.1) is 0 Å². The lowest BCUT2D eigenvalue weighted by atomic mass is 10.1. The van der Waals surface area contributed by atoms with Crippen molar-refractivity contribution in [1.82, 2.24) is 0 Å². The molecule has 11 heteroatoms. The van der Waals surface area contributed by atoms with Crippen LogP contribution >= 0.6 is 7.82 Å². The molecule has 1 fully saturated rings. The summed E-state index contributed by atoms with van der Waals surface area (Å²) in [5.41, 5.74) is 0. The molecule has 10 nitrogen and oxygen atoms in total. The van der Waals surface area contributed by atoms with Crippen molar-refractivity contribution in [2.75, 3.05) is 47.5 Å². The van der Waals surface area contributed by atoms with Crippen molar-refractivity contribution in [2.24, 2.45) is 0 Å². The summed E-state index contributed by atoms with van der Waals surface area (Å²) >= 11 is 0. The lowest BCUT2D eigenvalue weighted by Crippen LogP contribution is -2.37. The Morgan fingerprint density at radius 1 is 0.587 bits per heavy atom. The number of ether oxygens (including phenoxy) is 3. The molecular weight excluding hydrogens is 814 g/mol. The summed E-state index contributed by atoms with van der Waals surface area (Å²) in [5.74, 6) is -1.01. The standard InChI is InChI=1S/C52H82NO9P/c1-6-8-10-11-12-13-14-15-16-17-18-19-20-21-25-28-31-34-38-42-51(54)58-46-48(47-60-63(56,57)59-45-44-53(3,4)5)61-52(55)43-39-35-32-29-26-23-22-24-27-30-33-37-41-50-49(62-50)40-36-9-7-2/h9,12-13,15-16,18-19,21,23-27,31-37,48-50H,6-8,10-11,14,17,20,22,28-30,38-47H2,1-5H3/p+1/b13-12-,16-15-,19-18-,25-21-,26-23-,27-24-,34-31-,35-32-,36-9-,37-33-/t48-,49?,50?/m1/s1. The second-order valence-electron chi connectivity index (χ2n) is 16.4. The molecule has 0 radical (unpaired) electrons. The molecule has 354 valence electrons. The van der Waals surface area contributed by atoms with Crippen molar-refractivity contribution in [3.8, 4) is 0 Å². The zero-order chi connectivity index (χ0) is 46.1. The number of phosphoric ester groups is 1. The van der Waals surface area contributed by atoms with Gasteiger partial charge in [-0.05, 0) is 89.9 Å². The van der Waals surface area contributed by atoms with E-state index in [-0.39, 0.29) is 26.1 Å². The number of carbonyl (C=O) groups is 2. The van der Waals surface area contributed by atoms with Crippen LogP contribution in [-0.4, -0.2) is 87.1 Å². The van der Waals surface area contributed by atoms with Gasteiger partial charge in [-0.3, -0.25) is 18.6 Å². The molecule has 3 unspecified atom stereocenters. The Hall–Kier alpha value is -3.63. The number of hydrogen-bond acceptors (Lipinski definition) is 8. The molecule has 0 spiro atoms. The number of likely N-dealkylation sites (N-methyl/N-ethyl adjacent to an activating group) is 1. The van der Waals surface area contributed by atoms with Crippen molar-refractivity contribution in [3.05, 3.63) is 122 Å². The van der Waals surface area contributed by atoms with E-state index < -0.39 is 32.5 Å². The van der Waals surface area contributed by atoms with Gasteiger partial charge >= 0.3 is 19.8 Å². The molecule has 1 rings (SSSR count). The molecule has 1 aliphatic rings. The summed E-state index contributed by atoms with van der Waals surface area (Å²) in [6.07, 6.45) is 57.5. The van der Waals surface area contributed by atoms with Gasteiger partial charge in [-0.2, -0.15) is 0 Å². The monoisotopic (exact) mass is 897 g/mol. The van der Waals surface area contributed by atoms with Gasteiger partial charge < -0.3 is 23.6 Å². The van der Waals surface area contributed by atoms with E-state index in [2.05, 4.69) is 111 Å². The lowest BCUT2D eigenvalue weighted by molar-refractivity contribution is -0.870. The third kappa shape index (κ3) is 39.7. The van der Waals surface area contributed by atoms with E-state index in [4.69, 9.17) is 23.3 Å². The topological polar surface area (TPSA) is 121 Å². The van der Waals surface area contributed by atoms with Crippen LogP contribution in [0.25, 0.3) is 0 Å². The molecule has 1 N–H and O–H groups in total. The number of rotatable bonds is 39. The second-order valence-corrected chi connectivity index (χ2v) is 17.9. The number of esters is 2. The first kappa shape index (κ1) is 57.4. The quantitative estimate of drug-likeness (QED) is 0.0160. The van der Waals surface area contributed by atoms with Gasteiger partial charge in [0.2, 0.25) is 0 Å². The van der Waals surface area contributed by atoms with Crippen LogP contribution in [0, 0.1) is 0 Å². The number of carbonyl (C=O) groups excluding carboxylic acids is 2. The minimum Gasteiger partial charge on any atom is -0.462 e. The van der Waals surface area contributed by atoms with Crippen molar-refractivity contribution in [3.63, 3.8) is 0 Å². The van der Waals surface area contributed by atoms with E-state index in [1.807, 2.05) is 45.4 Å². The van der Waals surface area contributed by atoms with Gasteiger partial charge in [0.25, 0.3) is 0 Å². The zero-order valence-corrected chi connectivity index (χ0v) is 40.3. The molecule has 0 amide bonds. The maximum atomic E-state index is 12.7. The minimum atomic E-state index is -4.43. The van der Waals surface area contributed by atoms with Crippen molar-refractivity contribution in [2.45, 2.75) is 148 Å². The van der Waals surface area contributed by atoms with E-state index in [0.717, 1.165) is 64.2 Å². The van der Waals surface area contributed by atoms with E-state index in [0.29, 0.717) is 36.1 Å². The van der Waals surface area contributed by atoms with Crippen molar-refractivity contribution in [1.29, 1.82) is 0 Å². The molecule has 0 bridgehead atoms. The number of epoxide rings is 1. The molecule has 0 saturated carbocycles. The molecule has 0 aliphatic carbocycles. The van der Waals surface area contributed by atoms with Gasteiger partial charge in [0.15, 0.2) is 6.10 Å². The van der Waals surface area contributed by atoms with Gasteiger partial charge in [-0.1, -0.05) is 148 Å². The van der Waals surface area contributed by atoms with E-state index >= 15 is 0 Å². The third-order valence-corrected chi connectivity index (χ3v) is 10.4. The van der Waals surface area contributed by atoms with Crippen LogP contribution in [0.2, 0.25) is 0 Å². The van der Waals surface area contributed by atoms with Crippen molar-refractivity contribution >= 4 is 19.8 Å². The first-order valence-electron chi connectivity index (χ1n) is 23.4. The fourth-order valence-electron chi connectivity index (χ4n) is 5.65. The molecule has 1 aliphatic heterocycles. The number of hydrogen-bond donors (Lipinski definition) is 1. The fraction of sp³-hybridized carbons (Fsp3) is 0.577.